The van der Waals surface area contributed by atoms with Crippen LogP contribution in [0.5, 0.6) is 0 Å². The van der Waals surface area contributed by atoms with E-state index >= 15 is 0 Å². The molecule has 0 aliphatic heterocycles. The van der Waals surface area contributed by atoms with Crippen molar-refractivity contribution in [3.05, 3.63) is 59.7 Å². The average molecular weight is 498 g/mol. The minimum absolute atomic E-state index is 0.0270. The highest BCUT2D eigenvalue weighted by Crippen LogP contribution is 2.44. The third kappa shape index (κ3) is 6.74. The summed E-state index contributed by atoms with van der Waals surface area (Å²) in [5.41, 5.74) is 3.44. The van der Waals surface area contributed by atoms with E-state index in [0.29, 0.717) is 0 Å². The third-order valence-electron chi connectivity index (χ3n) is 5.53. The van der Waals surface area contributed by atoms with Crippen molar-refractivity contribution in [3.8, 4) is 11.1 Å². The molecule has 3 rings (SSSR count). The van der Waals surface area contributed by atoms with Gasteiger partial charge in [0, 0.05) is 5.92 Å². The van der Waals surface area contributed by atoms with Gasteiger partial charge in [-0.25, -0.2) is 9.59 Å². The predicted octanol–water partition coefficient (Wildman–Crippen LogP) is 3.01. The normalized spacial score (nSPS) is 14.0. The molecule has 0 saturated carbocycles. The topological polar surface area (TPSA) is 143 Å². The van der Waals surface area contributed by atoms with Crippen LogP contribution in [-0.4, -0.2) is 60.0 Å². The van der Waals surface area contributed by atoms with Crippen molar-refractivity contribution in [1.29, 1.82) is 0 Å². The zero-order chi connectivity index (χ0) is 26.5. The van der Waals surface area contributed by atoms with Crippen LogP contribution in [0.4, 0.5) is 9.59 Å². The van der Waals surface area contributed by atoms with Gasteiger partial charge in [-0.3, -0.25) is 9.59 Å². The maximum atomic E-state index is 12.7. The fourth-order valence-electron chi connectivity index (χ4n) is 3.87. The molecule has 0 saturated heterocycles. The van der Waals surface area contributed by atoms with E-state index < -0.39 is 41.7 Å². The fourth-order valence-corrected chi connectivity index (χ4v) is 3.87. The molecule has 2 atom stereocenters. The second-order valence-corrected chi connectivity index (χ2v) is 9.47. The molecule has 10 nitrogen and oxygen atoms in total. The Hall–Kier alpha value is -4.08. The first kappa shape index (κ1) is 26.5. The zero-order valence-electron chi connectivity index (χ0n) is 20.7. The van der Waals surface area contributed by atoms with Gasteiger partial charge >= 0.3 is 18.2 Å². The molecule has 0 aromatic heterocycles. The van der Waals surface area contributed by atoms with Gasteiger partial charge in [0.25, 0.3) is 0 Å². The van der Waals surface area contributed by atoms with Crippen molar-refractivity contribution in [3.63, 3.8) is 0 Å². The maximum Gasteiger partial charge on any atom is 0.407 e. The predicted molar refractivity (Wildman–Crippen MR) is 131 cm³/mol. The molecule has 36 heavy (non-hydrogen) atoms. The lowest BCUT2D eigenvalue weighted by molar-refractivity contribution is -0.141. The molecule has 2 aromatic rings. The number of hydrogen-bond donors (Lipinski definition) is 4. The first-order valence-electron chi connectivity index (χ1n) is 11.6. The minimum Gasteiger partial charge on any atom is -0.480 e. The van der Waals surface area contributed by atoms with Crippen molar-refractivity contribution in [2.24, 2.45) is 0 Å². The summed E-state index contributed by atoms with van der Waals surface area (Å²) < 4.78 is 10.6. The van der Waals surface area contributed by atoms with Crippen LogP contribution in [0.15, 0.2) is 48.5 Å². The van der Waals surface area contributed by atoms with Gasteiger partial charge < -0.3 is 30.5 Å². The number of aliphatic carboxylic acids is 1. The lowest BCUT2D eigenvalue weighted by Crippen LogP contribution is -2.55. The Morgan fingerprint density at radius 3 is 2.00 bits per heavy atom. The Bertz CT molecular complexity index is 1100. The Balaban J connectivity index is 1.66. The number of carbonyl (C=O) groups is 4. The molecule has 2 aromatic carbocycles. The largest absolute Gasteiger partial charge is 0.480 e. The van der Waals surface area contributed by atoms with Crippen LogP contribution in [0.2, 0.25) is 0 Å². The molecule has 4 N–H and O–H groups in total. The number of carbonyl (C=O) groups excluding carboxylic acids is 3. The van der Waals surface area contributed by atoms with Crippen molar-refractivity contribution in [2.75, 3.05) is 13.2 Å². The Morgan fingerprint density at radius 1 is 0.917 bits per heavy atom. The lowest BCUT2D eigenvalue weighted by Gasteiger charge is -2.23. The van der Waals surface area contributed by atoms with E-state index in [0.717, 1.165) is 22.3 Å². The molecule has 0 bridgehead atoms. The van der Waals surface area contributed by atoms with Gasteiger partial charge in [0.2, 0.25) is 5.91 Å². The zero-order valence-corrected chi connectivity index (χ0v) is 20.7. The maximum absolute atomic E-state index is 12.7. The summed E-state index contributed by atoms with van der Waals surface area (Å²) in [4.78, 5) is 48.5. The molecule has 0 fully saturated rings. The lowest BCUT2D eigenvalue weighted by atomic mass is 9.98. The number of benzene rings is 2. The van der Waals surface area contributed by atoms with Crippen LogP contribution in [0.25, 0.3) is 11.1 Å². The summed E-state index contributed by atoms with van der Waals surface area (Å²) in [7, 11) is 0. The SMILES string of the molecule is C[C@H](NC(=O)[C@H](CNC(=O)OC(C)(C)C)NC(=O)OCC1c2ccccc2-c2ccccc21)C(=O)O. The number of fused-ring (bicyclic) bond motifs is 3. The van der Waals surface area contributed by atoms with Crippen LogP contribution < -0.4 is 16.0 Å². The van der Waals surface area contributed by atoms with E-state index in [1.165, 1.54) is 6.92 Å². The van der Waals surface area contributed by atoms with Gasteiger partial charge in [-0.1, -0.05) is 48.5 Å². The molecular formula is C26H31N3O7. The number of hydrogen-bond acceptors (Lipinski definition) is 6. The summed E-state index contributed by atoms with van der Waals surface area (Å²) in [5, 5.41) is 16.2. The van der Waals surface area contributed by atoms with Crippen LogP contribution >= 0.6 is 0 Å². The molecule has 192 valence electrons. The van der Waals surface area contributed by atoms with Gasteiger partial charge in [-0.05, 0) is 49.9 Å². The number of amides is 3. The smallest absolute Gasteiger partial charge is 0.407 e. The van der Waals surface area contributed by atoms with E-state index in [-0.39, 0.29) is 19.1 Å². The quantitative estimate of drug-likeness (QED) is 0.439. The first-order valence-corrected chi connectivity index (χ1v) is 11.6. The Morgan fingerprint density at radius 2 is 1.47 bits per heavy atom. The average Bonchev–Trinajstić information content (AvgIpc) is 3.12. The highest BCUT2D eigenvalue weighted by molar-refractivity contribution is 5.89. The van der Waals surface area contributed by atoms with Gasteiger partial charge in [-0.2, -0.15) is 0 Å². The van der Waals surface area contributed by atoms with E-state index in [1.54, 1.807) is 20.8 Å². The standard InChI is InChI=1S/C26H31N3O7/c1-15(23(31)32)28-22(30)21(13-27-24(33)36-26(2,3)4)29-25(34)35-14-20-18-11-7-5-9-16(18)17-10-6-8-12-19(17)20/h5-12,15,20-21H,13-14H2,1-4H3,(H,27,33)(H,28,30)(H,29,34)(H,31,32)/t15-,21-/m0/s1. The molecule has 0 heterocycles. The number of alkyl carbamates (subject to hydrolysis) is 2. The van der Waals surface area contributed by atoms with Crippen LogP contribution in [-0.2, 0) is 19.1 Å². The number of nitrogens with one attached hydrogen (secondary N) is 3. The van der Waals surface area contributed by atoms with E-state index in [2.05, 4.69) is 16.0 Å². The monoisotopic (exact) mass is 497 g/mol. The molecular weight excluding hydrogens is 466 g/mol. The van der Waals surface area contributed by atoms with Crippen LogP contribution in [0.3, 0.4) is 0 Å². The first-order chi connectivity index (χ1) is 17.0. The van der Waals surface area contributed by atoms with Crippen molar-refractivity contribution >= 4 is 24.1 Å². The minimum atomic E-state index is -1.30. The second kappa shape index (κ2) is 11.1. The molecule has 0 unspecified atom stereocenters. The summed E-state index contributed by atoms with van der Waals surface area (Å²) in [5.74, 6) is -2.22. The number of ether oxygens (including phenoxy) is 2. The molecule has 1 aliphatic carbocycles. The highest BCUT2D eigenvalue weighted by atomic mass is 16.6. The van der Waals surface area contributed by atoms with E-state index in [4.69, 9.17) is 14.6 Å². The molecule has 10 heteroatoms. The van der Waals surface area contributed by atoms with Gasteiger partial charge in [0.05, 0.1) is 6.54 Å². The molecule has 0 radical (unpaired) electrons. The molecule has 1 aliphatic rings. The molecule has 0 spiro atoms. The van der Waals surface area contributed by atoms with Crippen LogP contribution in [0.1, 0.15) is 44.7 Å². The third-order valence-corrected chi connectivity index (χ3v) is 5.53. The second-order valence-electron chi connectivity index (χ2n) is 9.47. The van der Waals surface area contributed by atoms with E-state index in [9.17, 15) is 19.2 Å². The Kier molecular flexibility index (Phi) is 8.18. The Labute approximate surface area is 209 Å². The summed E-state index contributed by atoms with van der Waals surface area (Å²) in [6.07, 6.45) is -1.67. The number of carboxylic acid groups (broad SMARTS) is 1. The summed E-state index contributed by atoms with van der Waals surface area (Å²) >= 11 is 0. The highest BCUT2D eigenvalue weighted by Gasteiger charge is 2.30. The number of carboxylic acids is 1. The molecule has 3 amide bonds. The van der Waals surface area contributed by atoms with Gasteiger partial charge in [-0.15, -0.1) is 0 Å². The van der Waals surface area contributed by atoms with E-state index in [1.807, 2.05) is 48.5 Å². The number of rotatable bonds is 8. The fraction of sp³-hybridized carbons (Fsp3) is 0.385. The van der Waals surface area contributed by atoms with Crippen molar-refractivity contribution in [2.45, 2.75) is 51.3 Å². The van der Waals surface area contributed by atoms with Gasteiger partial charge in [0.1, 0.15) is 24.3 Å². The van der Waals surface area contributed by atoms with Crippen molar-refractivity contribution in [1.82, 2.24) is 16.0 Å². The summed E-state index contributed by atoms with van der Waals surface area (Å²) in [6.45, 7) is 6.02. The summed E-state index contributed by atoms with van der Waals surface area (Å²) in [6, 6.07) is 13.2. The van der Waals surface area contributed by atoms with Crippen LogP contribution in [0, 0.1) is 0 Å². The van der Waals surface area contributed by atoms with Gasteiger partial charge in [0.15, 0.2) is 0 Å². The van der Waals surface area contributed by atoms with Crippen molar-refractivity contribution < 1.29 is 33.8 Å².